The van der Waals surface area contributed by atoms with Crippen molar-refractivity contribution in [2.75, 3.05) is 5.75 Å². The molecule has 0 radical (unpaired) electrons. The first-order valence-electron chi connectivity index (χ1n) is 6.61. The van der Waals surface area contributed by atoms with E-state index in [0.29, 0.717) is 22.6 Å². The Bertz CT molecular complexity index is 427. The van der Waals surface area contributed by atoms with Gasteiger partial charge in [0.25, 0.3) is 5.91 Å². The van der Waals surface area contributed by atoms with Crippen LogP contribution in [0.3, 0.4) is 0 Å². The Hall–Kier alpha value is -0.900. The molecular formula is C14H21NO2S. The largest absolute Gasteiger partial charge is 0.466 e. The molecule has 1 aromatic heterocycles. The van der Waals surface area contributed by atoms with Gasteiger partial charge in [0, 0.05) is 11.3 Å². The van der Waals surface area contributed by atoms with Crippen LogP contribution in [0.4, 0.5) is 0 Å². The molecule has 0 spiro atoms. The first kappa shape index (κ1) is 13.5. The number of hydrogen-bond donors (Lipinski definition) is 1. The molecule has 0 aliphatic heterocycles. The number of aryl methyl sites for hydroxylation is 2. The fraction of sp³-hybridized carbons (Fsp3) is 0.643. The highest BCUT2D eigenvalue weighted by Gasteiger charge is 2.29. The molecule has 1 amide bonds. The van der Waals surface area contributed by atoms with Crippen molar-refractivity contribution in [3.05, 3.63) is 23.2 Å². The number of amides is 1. The minimum Gasteiger partial charge on any atom is -0.466 e. The van der Waals surface area contributed by atoms with Crippen molar-refractivity contribution in [2.45, 2.75) is 51.3 Å². The second-order valence-corrected chi connectivity index (χ2v) is 6.35. The third kappa shape index (κ3) is 2.91. The Kier molecular flexibility index (Phi) is 4.38. The van der Waals surface area contributed by atoms with Gasteiger partial charge in [-0.1, -0.05) is 13.3 Å². The van der Waals surface area contributed by atoms with Crippen molar-refractivity contribution >= 4 is 17.7 Å². The molecule has 1 aromatic rings. The van der Waals surface area contributed by atoms with Crippen molar-refractivity contribution in [1.82, 2.24) is 5.32 Å². The molecule has 0 unspecified atom stereocenters. The molecule has 18 heavy (non-hydrogen) atoms. The summed E-state index contributed by atoms with van der Waals surface area (Å²) in [6.07, 6.45) is 3.53. The molecular weight excluding hydrogens is 246 g/mol. The fourth-order valence-corrected chi connectivity index (χ4v) is 3.81. The van der Waals surface area contributed by atoms with E-state index in [4.69, 9.17) is 4.42 Å². The highest BCUT2D eigenvalue weighted by atomic mass is 32.2. The maximum atomic E-state index is 12.2. The Morgan fingerprint density at radius 1 is 1.50 bits per heavy atom. The molecule has 0 bridgehead atoms. The zero-order valence-corrected chi connectivity index (χ0v) is 12.1. The molecule has 1 fully saturated rings. The maximum absolute atomic E-state index is 12.2. The molecule has 1 N–H and O–H groups in total. The number of rotatable bonds is 4. The van der Waals surface area contributed by atoms with Crippen LogP contribution in [-0.4, -0.2) is 23.0 Å². The van der Waals surface area contributed by atoms with Gasteiger partial charge in [-0.2, -0.15) is 11.8 Å². The Morgan fingerprint density at radius 3 is 2.89 bits per heavy atom. The number of carbonyl (C=O) groups is 1. The first-order valence-corrected chi connectivity index (χ1v) is 7.66. The van der Waals surface area contributed by atoms with E-state index in [1.807, 2.05) is 31.7 Å². The highest BCUT2D eigenvalue weighted by Crippen LogP contribution is 2.30. The van der Waals surface area contributed by atoms with Gasteiger partial charge in [0.05, 0.1) is 5.56 Å². The molecule has 100 valence electrons. The predicted molar refractivity (Wildman–Crippen MR) is 75.2 cm³/mol. The summed E-state index contributed by atoms with van der Waals surface area (Å²) in [4.78, 5) is 12.2. The second-order valence-electron chi connectivity index (χ2n) is 4.83. The van der Waals surface area contributed by atoms with Crippen LogP contribution in [0.1, 0.15) is 48.1 Å². The molecule has 2 atom stereocenters. The van der Waals surface area contributed by atoms with E-state index < -0.39 is 0 Å². The van der Waals surface area contributed by atoms with Crippen molar-refractivity contribution in [2.24, 2.45) is 0 Å². The van der Waals surface area contributed by atoms with Gasteiger partial charge in [0.15, 0.2) is 0 Å². The van der Waals surface area contributed by atoms with E-state index in [1.165, 1.54) is 12.8 Å². The van der Waals surface area contributed by atoms with Gasteiger partial charge in [0.1, 0.15) is 11.5 Å². The van der Waals surface area contributed by atoms with Gasteiger partial charge in [-0.05, 0) is 38.5 Å². The number of thioether (sulfide) groups is 1. The van der Waals surface area contributed by atoms with Crippen molar-refractivity contribution in [3.8, 4) is 0 Å². The predicted octanol–water partition coefficient (Wildman–Crippen LogP) is 3.30. The van der Waals surface area contributed by atoms with Crippen LogP contribution < -0.4 is 5.32 Å². The zero-order chi connectivity index (χ0) is 13.1. The van der Waals surface area contributed by atoms with E-state index >= 15 is 0 Å². The minimum absolute atomic E-state index is 0.0120. The number of hydrogen-bond acceptors (Lipinski definition) is 3. The minimum atomic E-state index is 0.0120. The summed E-state index contributed by atoms with van der Waals surface area (Å²) in [5.74, 6) is 2.63. The van der Waals surface area contributed by atoms with Crippen LogP contribution in [0.25, 0.3) is 0 Å². The first-order chi connectivity index (χ1) is 8.61. The summed E-state index contributed by atoms with van der Waals surface area (Å²) in [5.41, 5.74) is 0.680. The number of furan rings is 1. The van der Waals surface area contributed by atoms with E-state index in [9.17, 15) is 4.79 Å². The summed E-state index contributed by atoms with van der Waals surface area (Å²) >= 11 is 1.96. The third-order valence-electron chi connectivity index (χ3n) is 3.44. The van der Waals surface area contributed by atoms with Crippen LogP contribution in [0.15, 0.2) is 10.5 Å². The normalized spacial score (nSPS) is 23.3. The lowest BCUT2D eigenvalue weighted by Gasteiger charge is -2.19. The lowest BCUT2D eigenvalue weighted by molar-refractivity contribution is 0.0937. The molecule has 1 saturated carbocycles. The maximum Gasteiger partial charge on any atom is 0.255 e. The quantitative estimate of drug-likeness (QED) is 0.910. The topological polar surface area (TPSA) is 42.2 Å². The Morgan fingerprint density at radius 2 is 2.28 bits per heavy atom. The lowest BCUT2D eigenvalue weighted by atomic mass is 10.2. The monoisotopic (exact) mass is 267 g/mol. The molecule has 3 nitrogen and oxygen atoms in total. The van der Waals surface area contributed by atoms with Crippen LogP contribution in [0, 0.1) is 13.8 Å². The van der Waals surface area contributed by atoms with E-state index in [0.717, 1.165) is 17.9 Å². The van der Waals surface area contributed by atoms with Gasteiger partial charge in [-0.3, -0.25) is 4.79 Å². The lowest BCUT2D eigenvalue weighted by Crippen LogP contribution is -2.38. The van der Waals surface area contributed by atoms with Gasteiger partial charge in [0.2, 0.25) is 0 Å². The SMILES string of the molecule is CCS[C@@H]1CCC[C@H]1NC(=O)c1cc(C)oc1C. The summed E-state index contributed by atoms with van der Waals surface area (Å²) in [6.45, 7) is 5.88. The molecule has 1 aliphatic carbocycles. The molecule has 0 aromatic carbocycles. The van der Waals surface area contributed by atoms with Gasteiger partial charge < -0.3 is 9.73 Å². The second kappa shape index (κ2) is 5.83. The summed E-state index contributed by atoms with van der Waals surface area (Å²) < 4.78 is 5.41. The van der Waals surface area contributed by atoms with Gasteiger partial charge in [-0.15, -0.1) is 0 Å². The van der Waals surface area contributed by atoms with Crippen LogP contribution in [-0.2, 0) is 0 Å². The van der Waals surface area contributed by atoms with Gasteiger partial charge >= 0.3 is 0 Å². The van der Waals surface area contributed by atoms with Gasteiger partial charge in [-0.25, -0.2) is 0 Å². The smallest absolute Gasteiger partial charge is 0.255 e. The Labute approximate surface area is 113 Å². The van der Waals surface area contributed by atoms with Crippen LogP contribution >= 0.6 is 11.8 Å². The molecule has 1 aliphatic rings. The van der Waals surface area contributed by atoms with Crippen LogP contribution in [0.5, 0.6) is 0 Å². The average Bonchev–Trinajstić information content (AvgIpc) is 2.87. The highest BCUT2D eigenvalue weighted by molar-refractivity contribution is 7.99. The molecule has 2 rings (SSSR count). The number of carbonyl (C=O) groups excluding carboxylic acids is 1. The number of nitrogens with one attached hydrogen (secondary N) is 1. The van der Waals surface area contributed by atoms with Crippen molar-refractivity contribution in [1.29, 1.82) is 0 Å². The standard InChI is InChI=1S/C14H21NO2S/c1-4-18-13-7-5-6-12(13)15-14(16)11-8-9(2)17-10(11)3/h8,12-13H,4-7H2,1-3H3,(H,15,16)/t12-,13-/m1/s1. The summed E-state index contributed by atoms with van der Waals surface area (Å²) in [6, 6.07) is 2.14. The fourth-order valence-electron chi connectivity index (χ4n) is 2.61. The summed E-state index contributed by atoms with van der Waals surface area (Å²) in [7, 11) is 0. The van der Waals surface area contributed by atoms with E-state index in [-0.39, 0.29) is 5.91 Å². The zero-order valence-electron chi connectivity index (χ0n) is 11.3. The Balaban J connectivity index is 2.00. The van der Waals surface area contributed by atoms with Crippen molar-refractivity contribution < 1.29 is 9.21 Å². The van der Waals surface area contributed by atoms with E-state index in [1.54, 1.807) is 0 Å². The third-order valence-corrected chi connectivity index (χ3v) is 4.76. The summed E-state index contributed by atoms with van der Waals surface area (Å²) in [5, 5.41) is 3.74. The molecule has 1 heterocycles. The molecule has 0 saturated heterocycles. The average molecular weight is 267 g/mol. The van der Waals surface area contributed by atoms with Crippen LogP contribution in [0.2, 0.25) is 0 Å². The van der Waals surface area contributed by atoms with Crippen molar-refractivity contribution in [3.63, 3.8) is 0 Å². The van der Waals surface area contributed by atoms with E-state index in [2.05, 4.69) is 12.2 Å². The molecule has 4 heteroatoms.